The molecule has 0 spiro atoms. The number of rotatable bonds is 2. The van der Waals surface area contributed by atoms with E-state index in [1.165, 1.54) is 0 Å². The van der Waals surface area contributed by atoms with E-state index in [9.17, 15) is 4.79 Å². The Morgan fingerprint density at radius 3 is 2.28 bits per heavy atom. The third-order valence-corrected chi connectivity index (χ3v) is 2.97. The van der Waals surface area contributed by atoms with Crippen LogP contribution in [0, 0.1) is 5.92 Å². The minimum atomic E-state index is -0.403. The minimum Gasteiger partial charge on any atom is -0.444 e. The first kappa shape index (κ1) is 17.5. The highest BCUT2D eigenvalue weighted by Crippen LogP contribution is 2.22. The van der Waals surface area contributed by atoms with Crippen molar-refractivity contribution in [2.45, 2.75) is 58.6 Å². The maximum atomic E-state index is 11.8. The Kier molecular flexibility index (Phi) is 7.00. The SMILES string of the molecule is CC(N)CC1CCN(C(=O)OC(C)(C)C)CC1.Cl. The number of likely N-dealkylation sites (tertiary alicyclic amines) is 1. The topological polar surface area (TPSA) is 55.6 Å². The summed E-state index contributed by atoms with van der Waals surface area (Å²) in [6.07, 6.45) is 2.96. The van der Waals surface area contributed by atoms with Crippen molar-refractivity contribution < 1.29 is 9.53 Å². The second kappa shape index (κ2) is 7.19. The van der Waals surface area contributed by atoms with Crippen LogP contribution in [-0.4, -0.2) is 35.7 Å². The predicted octanol–water partition coefficient (Wildman–Crippen LogP) is 2.79. The number of carbonyl (C=O) groups excluding carboxylic acids is 1. The first-order valence-electron chi connectivity index (χ1n) is 6.51. The molecule has 1 atom stereocenters. The molecule has 2 N–H and O–H groups in total. The summed E-state index contributed by atoms with van der Waals surface area (Å²) in [5.74, 6) is 0.661. The van der Waals surface area contributed by atoms with E-state index >= 15 is 0 Å². The lowest BCUT2D eigenvalue weighted by Gasteiger charge is -2.33. The standard InChI is InChI=1S/C13H26N2O2.ClH/c1-10(14)9-11-5-7-15(8-6-11)12(16)17-13(2,3)4;/h10-11H,5-9,14H2,1-4H3;1H. The van der Waals surface area contributed by atoms with E-state index in [0.29, 0.717) is 5.92 Å². The highest BCUT2D eigenvalue weighted by molar-refractivity contribution is 5.85. The molecule has 1 amide bonds. The van der Waals surface area contributed by atoms with Gasteiger partial charge in [-0.25, -0.2) is 4.79 Å². The number of nitrogens with two attached hydrogens (primary N) is 1. The molecular weight excluding hydrogens is 252 g/mol. The average Bonchev–Trinajstić information content (AvgIpc) is 2.15. The van der Waals surface area contributed by atoms with Gasteiger partial charge in [0.1, 0.15) is 5.60 Å². The smallest absolute Gasteiger partial charge is 0.410 e. The van der Waals surface area contributed by atoms with Gasteiger partial charge in [0.05, 0.1) is 0 Å². The van der Waals surface area contributed by atoms with Gasteiger partial charge in [0, 0.05) is 19.1 Å². The summed E-state index contributed by atoms with van der Waals surface area (Å²) in [6, 6.07) is 0.257. The van der Waals surface area contributed by atoms with E-state index in [0.717, 1.165) is 32.4 Å². The highest BCUT2D eigenvalue weighted by Gasteiger charge is 2.26. The van der Waals surface area contributed by atoms with Crippen LogP contribution < -0.4 is 5.73 Å². The fraction of sp³-hybridized carbons (Fsp3) is 0.923. The van der Waals surface area contributed by atoms with Crippen molar-refractivity contribution >= 4 is 18.5 Å². The van der Waals surface area contributed by atoms with Gasteiger partial charge in [-0.1, -0.05) is 0 Å². The average molecular weight is 279 g/mol. The molecule has 1 rings (SSSR count). The Labute approximate surface area is 117 Å². The molecule has 1 fully saturated rings. The van der Waals surface area contributed by atoms with Crippen molar-refractivity contribution in [1.82, 2.24) is 4.90 Å². The van der Waals surface area contributed by atoms with Crippen LogP contribution in [0.4, 0.5) is 4.79 Å². The summed E-state index contributed by atoms with van der Waals surface area (Å²) in [5.41, 5.74) is 5.39. The maximum Gasteiger partial charge on any atom is 0.410 e. The Hall–Kier alpha value is -0.480. The molecular formula is C13H27ClN2O2. The van der Waals surface area contributed by atoms with Crippen LogP contribution in [-0.2, 0) is 4.74 Å². The fourth-order valence-corrected chi connectivity index (χ4v) is 2.20. The maximum absolute atomic E-state index is 11.8. The van der Waals surface area contributed by atoms with Crippen LogP contribution in [0.5, 0.6) is 0 Å². The summed E-state index contributed by atoms with van der Waals surface area (Å²) >= 11 is 0. The summed E-state index contributed by atoms with van der Waals surface area (Å²) in [5, 5.41) is 0. The summed E-state index contributed by atoms with van der Waals surface area (Å²) < 4.78 is 5.36. The van der Waals surface area contributed by atoms with Gasteiger partial charge in [0.25, 0.3) is 0 Å². The van der Waals surface area contributed by atoms with Crippen LogP contribution >= 0.6 is 12.4 Å². The molecule has 1 aliphatic rings. The highest BCUT2D eigenvalue weighted by atomic mass is 35.5. The summed E-state index contributed by atoms with van der Waals surface area (Å²) in [7, 11) is 0. The molecule has 0 aromatic heterocycles. The van der Waals surface area contributed by atoms with Gasteiger partial charge in [-0.2, -0.15) is 0 Å². The Balaban J connectivity index is 0.00000289. The Bertz CT molecular complexity index is 256. The van der Waals surface area contributed by atoms with E-state index in [2.05, 4.69) is 0 Å². The number of hydrogen-bond donors (Lipinski definition) is 1. The zero-order valence-corrected chi connectivity index (χ0v) is 12.8. The van der Waals surface area contributed by atoms with Crippen LogP contribution in [0.1, 0.15) is 47.0 Å². The molecule has 0 aliphatic carbocycles. The van der Waals surface area contributed by atoms with E-state index in [4.69, 9.17) is 10.5 Å². The molecule has 18 heavy (non-hydrogen) atoms. The van der Waals surface area contributed by atoms with Crippen molar-refractivity contribution in [3.05, 3.63) is 0 Å². The van der Waals surface area contributed by atoms with E-state index in [-0.39, 0.29) is 24.5 Å². The van der Waals surface area contributed by atoms with Gasteiger partial charge in [-0.15, -0.1) is 12.4 Å². The molecule has 0 radical (unpaired) electrons. The van der Waals surface area contributed by atoms with Crippen LogP contribution in [0.25, 0.3) is 0 Å². The number of nitrogens with zero attached hydrogens (tertiary/aromatic N) is 1. The molecule has 1 heterocycles. The summed E-state index contributed by atoms with van der Waals surface area (Å²) in [6.45, 7) is 9.33. The second-order valence-electron chi connectivity index (χ2n) is 6.12. The number of halogens is 1. The van der Waals surface area contributed by atoms with Crippen LogP contribution in [0.2, 0.25) is 0 Å². The zero-order valence-electron chi connectivity index (χ0n) is 11.9. The predicted molar refractivity (Wildman–Crippen MR) is 76.0 cm³/mol. The minimum absolute atomic E-state index is 0. The number of amides is 1. The third kappa shape index (κ3) is 6.45. The molecule has 0 bridgehead atoms. The van der Waals surface area contributed by atoms with E-state index in [1.54, 1.807) is 0 Å². The molecule has 5 heteroatoms. The van der Waals surface area contributed by atoms with Crippen molar-refractivity contribution in [3.8, 4) is 0 Å². The molecule has 1 aliphatic heterocycles. The molecule has 4 nitrogen and oxygen atoms in total. The lowest BCUT2D eigenvalue weighted by Crippen LogP contribution is -2.42. The number of carbonyl (C=O) groups is 1. The van der Waals surface area contributed by atoms with Gasteiger partial charge >= 0.3 is 6.09 Å². The number of piperidine rings is 1. The van der Waals surface area contributed by atoms with Gasteiger partial charge < -0.3 is 15.4 Å². The van der Waals surface area contributed by atoms with E-state index in [1.807, 2.05) is 32.6 Å². The second-order valence-corrected chi connectivity index (χ2v) is 6.12. The number of ether oxygens (including phenoxy) is 1. The van der Waals surface area contributed by atoms with Crippen molar-refractivity contribution in [2.24, 2.45) is 11.7 Å². The molecule has 1 saturated heterocycles. The monoisotopic (exact) mass is 278 g/mol. The van der Waals surface area contributed by atoms with Crippen LogP contribution in [0.3, 0.4) is 0 Å². The lowest BCUT2D eigenvalue weighted by molar-refractivity contribution is 0.0180. The molecule has 0 aromatic rings. The van der Waals surface area contributed by atoms with Crippen molar-refractivity contribution in [2.75, 3.05) is 13.1 Å². The van der Waals surface area contributed by atoms with E-state index < -0.39 is 5.60 Å². The summed E-state index contributed by atoms with van der Waals surface area (Å²) in [4.78, 5) is 13.6. The van der Waals surface area contributed by atoms with Crippen molar-refractivity contribution in [1.29, 1.82) is 0 Å². The van der Waals surface area contributed by atoms with Gasteiger partial charge in [-0.3, -0.25) is 0 Å². The normalized spacial score (nSPS) is 19.1. The van der Waals surface area contributed by atoms with Gasteiger partial charge in [0.15, 0.2) is 0 Å². The van der Waals surface area contributed by atoms with Gasteiger partial charge in [0.2, 0.25) is 0 Å². The van der Waals surface area contributed by atoms with Gasteiger partial charge in [-0.05, 0) is 52.9 Å². The molecule has 108 valence electrons. The lowest BCUT2D eigenvalue weighted by atomic mass is 9.91. The van der Waals surface area contributed by atoms with Crippen molar-refractivity contribution in [3.63, 3.8) is 0 Å². The number of hydrogen-bond acceptors (Lipinski definition) is 3. The Morgan fingerprint density at radius 2 is 1.89 bits per heavy atom. The first-order chi connectivity index (χ1) is 7.78. The fourth-order valence-electron chi connectivity index (χ4n) is 2.20. The Morgan fingerprint density at radius 1 is 1.39 bits per heavy atom. The van der Waals surface area contributed by atoms with Crippen LogP contribution in [0.15, 0.2) is 0 Å². The molecule has 1 unspecified atom stereocenters. The quantitative estimate of drug-likeness (QED) is 0.845. The largest absolute Gasteiger partial charge is 0.444 e. The zero-order chi connectivity index (χ0) is 13.1. The molecule has 0 saturated carbocycles. The first-order valence-corrected chi connectivity index (χ1v) is 6.51. The molecule has 0 aromatic carbocycles. The third-order valence-electron chi connectivity index (χ3n) is 2.97.